The van der Waals surface area contributed by atoms with Crippen molar-refractivity contribution in [2.45, 2.75) is 25.3 Å². The van der Waals surface area contributed by atoms with Gasteiger partial charge in [-0.15, -0.1) is 0 Å². The van der Waals surface area contributed by atoms with Crippen LogP contribution in [0.4, 0.5) is 0 Å². The molecule has 0 saturated carbocycles. The minimum Gasteiger partial charge on any atom is -0.330 e. The molecule has 1 saturated heterocycles. The second kappa shape index (κ2) is 7.71. The molecule has 4 rings (SSSR count). The Morgan fingerprint density at radius 2 is 1.93 bits per heavy atom. The fourth-order valence-electron chi connectivity index (χ4n) is 3.58. The van der Waals surface area contributed by atoms with Crippen molar-refractivity contribution in [3.63, 3.8) is 0 Å². The highest BCUT2D eigenvalue weighted by molar-refractivity contribution is 6.42. The van der Waals surface area contributed by atoms with Crippen LogP contribution in [0, 0.1) is 0 Å². The summed E-state index contributed by atoms with van der Waals surface area (Å²) < 4.78 is 0. The third-order valence-corrected chi connectivity index (χ3v) is 5.66. The number of aromatic nitrogens is 3. The number of nitrogens with one attached hydrogen (secondary N) is 1. The first-order chi connectivity index (χ1) is 13.1. The van der Waals surface area contributed by atoms with Gasteiger partial charge in [-0.25, -0.2) is 0 Å². The van der Waals surface area contributed by atoms with Gasteiger partial charge in [0.15, 0.2) is 0 Å². The van der Waals surface area contributed by atoms with E-state index < -0.39 is 0 Å². The van der Waals surface area contributed by atoms with Gasteiger partial charge in [0.05, 0.1) is 28.0 Å². The van der Waals surface area contributed by atoms with Gasteiger partial charge in [-0.2, -0.15) is 5.10 Å². The smallest absolute Gasteiger partial charge is 0.254 e. The molecule has 0 radical (unpaired) electrons. The summed E-state index contributed by atoms with van der Waals surface area (Å²) in [6.45, 7) is 0.693. The summed E-state index contributed by atoms with van der Waals surface area (Å²) in [6, 6.07) is 8.85. The number of hydrogen-bond acceptors (Lipinski definition) is 3. The molecule has 5 nitrogen and oxygen atoms in total. The average molecular weight is 401 g/mol. The quantitative estimate of drug-likeness (QED) is 0.661. The van der Waals surface area contributed by atoms with E-state index in [0.717, 1.165) is 36.1 Å². The molecule has 138 valence electrons. The third kappa shape index (κ3) is 3.57. The van der Waals surface area contributed by atoms with Crippen molar-refractivity contribution >= 4 is 29.1 Å². The topological polar surface area (TPSA) is 61.9 Å². The Hall–Kier alpha value is -2.37. The second-order valence-corrected chi connectivity index (χ2v) is 7.39. The van der Waals surface area contributed by atoms with Gasteiger partial charge in [-0.3, -0.25) is 14.9 Å². The van der Waals surface area contributed by atoms with Gasteiger partial charge >= 0.3 is 0 Å². The van der Waals surface area contributed by atoms with Gasteiger partial charge in [-0.1, -0.05) is 23.2 Å². The van der Waals surface area contributed by atoms with E-state index in [4.69, 9.17) is 23.2 Å². The van der Waals surface area contributed by atoms with Gasteiger partial charge in [0, 0.05) is 30.1 Å². The summed E-state index contributed by atoms with van der Waals surface area (Å²) in [5.74, 6) is -0.0476. The standard InChI is InChI=1S/C20H18Cl2N4O/c21-16-5-4-14(11-17(16)22)20(27)26-10-2-1-3-18(26)19-15(12-24-25-19)13-6-8-23-9-7-13/h4-9,11-12,18H,1-3,10H2,(H,24,25). The summed E-state index contributed by atoms with van der Waals surface area (Å²) in [5, 5.41) is 8.19. The molecule has 1 aromatic carbocycles. The Bertz CT molecular complexity index is 958. The third-order valence-electron chi connectivity index (χ3n) is 4.92. The lowest BCUT2D eigenvalue weighted by Gasteiger charge is -2.35. The molecule has 3 aromatic rings. The number of piperidine rings is 1. The molecule has 2 aromatic heterocycles. The van der Waals surface area contributed by atoms with Crippen LogP contribution in [0.15, 0.2) is 48.9 Å². The molecular weight excluding hydrogens is 383 g/mol. The number of H-pyrrole nitrogens is 1. The van der Waals surface area contributed by atoms with E-state index in [2.05, 4.69) is 15.2 Å². The predicted molar refractivity (Wildman–Crippen MR) is 106 cm³/mol. The van der Waals surface area contributed by atoms with E-state index in [1.54, 1.807) is 36.8 Å². The molecule has 1 unspecified atom stereocenters. The summed E-state index contributed by atoms with van der Waals surface area (Å²) in [4.78, 5) is 19.2. The Kier molecular flexibility index (Phi) is 5.14. The van der Waals surface area contributed by atoms with E-state index in [1.807, 2.05) is 17.0 Å². The van der Waals surface area contributed by atoms with Gasteiger partial charge in [0.2, 0.25) is 0 Å². The maximum atomic E-state index is 13.2. The fourth-order valence-corrected chi connectivity index (χ4v) is 3.88. The molecule has 0 aliphatic carbocycles. The first-order valence-electron chi connectivity index (χ1n) is 8.85. The zero-order valence-corrected chi connectivity index (χ0v) is 16.0. The highest BCUT2D eigenvalue weighted by atomic mass is 35.5. The van der Waals surface area contributed by atoms with Gasteiger partial charge in [-0.05, 0) is 55.2 Å². The fraction of sp³-hybridized carbons (Fsp3) is 0.250. The number of carbonyl (C=O) groups excluding carboxylic acids is 1. The Morgan fingerprint density at radius 1 is 1.11 bits per heavy atom. The first kappa shape index (κ1) is 18.0. The molecule has 27 heavy (non-hydrogen) atoms. The van der Waals surface area contributed by atoms with E-state index in [-0.39, 0.29) is 11.9 Å². The molecule has 7 heteroatoms. The molecule has 1 N–H and O–H groups in total. The number of amides is 1. The minimum absolute atomic E-state index is 0.0476. The highest BCUT2D eigenvalue weighted by Crippen LogP contribution is 2.36. The number of aromatic amines is 1. The lowest BCUT2D eigenvalue weighted by molar-refractivity contribution is 0.0607. The number of benzene rings is 1. The lowest BCUT2D eigenvalue weighted by Crippen LogP contribution is -2.38. The van der Waals surface area contributed by atoms with Crippen LogP contribution >= 0.6 is 23.2 Å². The number of hydrogen-bond donors (Lipinski definition) is 1. The minimum atomic E-state index is -0.0635. The maximum absolute atomic E-state index is 13.2. The summed E-state index contributed by atoms with van der Waals surface area (Å²) in [7, 11) is 0. The number of likely N-dealkylation sites (tertiary alicyclic amines) is 1. The van der Waals surface area contributed by atoms with Gasteiger partial charge in [0.25, 0.3) is 5.91 Å². The Morgan fingerprint density at radius 3 is 2.70 bits per heavy atom. The van der Waals surface area contributed by atoms with E-state index in [0.29, 0.717) is 22.2 Å². The van der Waals surface area contributed by atoms with Crippen LogP contribution in [-0.2, 0) is 0 Å². The molecule has 1 aliphatic heterocycles. The summed E-state index contributed by atoms with van der Waals surface area (Å²) in [6.07, 6.45) is 8.23. The largest absolute Gasteiger partial charge is 0.330 e. The van der Waals surface area contributed by atoms with Crippen molar-refractivity contribution in [3.8, 4) is 11.1 Å². The molecule has 0 spiro atoms. The zero-order valence-electron chi connectivity index (χ0n) is 14.5. The Balaban J connectivity index is 1.69. The van der Waals surface area contributed by atoms with Crippen molar-refractivity contribution < 1.29 is 4.79 Å². The molecule has 1 aliphatic rings. The van der Waals surface area contributed by atoms with E-state index in [1.165, 1.54) is 0 Å². The summed E-state index contributed by atoms with van der Waals surface area (Å²) in [5.41, 5.74) is 3.52. The van der Waals surface area contributed by atoms with Gasteiger partial charge in [0.1, 0.15) is 0 Å². The normalized spacial score (nSPS) is 17.1. The Labute approximate surface area is 167 Å². The molecule has 1 amide bonds. The first-order valence-corrected chi connectivity index (χ1v) is 9.60. The zero-order chi connectivity index (χ0) is 18.8. The van der Waals surface area contributed by atoms with Crippen LogP contribution in [0.25, 0.3) is 11.1 Å². The van der Waals surface area contributed by atoms with E-state index in [9.17, 15) is 4.79 Å². The van der Waals surface area contributed by atoms with Crippen molar-refractivity contribution in [1.82, 2.24) is 20.1 Å². The number of nitrogens with zero attached hydrogens (tertiary/aromatic N) is 3. The molecule has 3 heterocycles. The monoisotopic (exact) mass is 400 g/mol. The predicted octanol–water partition coefficient (Wildman–Crippen LogP) is 5.15. The van der Waals surface area contributed by atoms with Crippen LogP contribution in [-0.4, -0.2) is 32.5 Å². The number of halogens is 2. The molecule has 1 atom stereocenters. The average Bonchev–Trinajstić information content (AvgIpc) is 3.20. The number of carbonyl (C=O) groups is 1. The van der Waals surface area contributed by atoms with Gasteiger partial charge < -0.3 is 4.90 Å². The van der Waals surface area contributed by atoms with Crippen LogP contribution in [0.1, 0.15) is 41.4 Å². The molecule has 0 bridgehead atoms. The second-order valence-electron chi connectivity index (χ2n) is 6.57. The van der Waals surface area contributed by atoms with Crippen molar-refractivity contribution in [2.24, 2.45) is 0 Å². The van der Waals surface area contributed by atoms with Crippen molar-refractivity contribution in [1.29, 1.82) is 0 Å². The number of rotatable bonds is 3. The van der Waals surface area contributed by atoms with Crippen LogP contribution in [0.3, 0.4) is 0 Å². The highest BCUT2D eigenvalue weighted by Gasteiger charge is 2.31. The van der Waals surface area contributed by atoms with Crippen LogP contribution < -0.4 is 0 Å². The SMILES string of the molecule is O=C(c1ccc(Cl)c(Cl)c1)N1CCCCC1c1[nH]ncc1-c1ccncc1. The van der Waals surface area contributed by atoms with E-state index >= 15 is 0 Å². The van der Waals surface area contributed by atoms with Crippen molar-refractivity contribution in [2.75, 3.05) is 6.54 Å². The van der Waals surface area contributed by atoms with Crippen LogP contribution in [0.5, 0.6) is 0 Å². The van der Waals surface area contributed by atoms with Crippen molar-refractivity contribution in [3.05, 3.63) is 70.2 Å². The molecule has 1 fully saturated rings. The summed E-state index contributed by atoms with van der Waals surface area (Å²) >= 11 is 12.1. The maximum Gasteiger partial charge on any atom is 0.254 e. The number of pyridine rings is 1. The molecular formula is C20H18Cl2N4O. The lowest BCUT2D eigenvalue weighted by atomic mass is 9.94. The van der Waals surface area contributed by atoms with Crippen LogP contribution in [0.2, 0.25) is 10.0 Å².